The fourth-order valence-corrected chi connectivity index (χ4v) is 1.96. The van der Waals surface area contributed by atoms with Gasteiger partial charge in [-0.15, -0.1) is 0 Å². The minimum Gasteiger partial charge on any atom is -0.373 e. The van der Waals surface area contributed by atoms with E-state index in [1.54, 1.807) is 6.20 Å². The Morgan fingerprint density at radius 1 is 1.41 bits per heavy atom. The zero-order valence-corrected chi connectivity index (χ0v) is 10.1. The van der Waals surface area contributed by atoms with E-state index in [0.29, 0.717) is 6.54 Å². The molecule has 1 aliphatic heterocycles. The van der Waals surface area contributed by atoms with Crippen molar-refractivity contribution in [2.24, 2.45) is 0 Å². The third-order valence-corrected chi connectivity index (χ3v) is 2.87. The topological polar surface area (TPSA) is 57.3 Å². The van der Waals surface area contributed by atoms with Crippen molar-refractivity contribution in [3.05, 3.63) is 18.3 Å². The number of likely N-dealkylation sites (tertiary alicyclic amines) is 1. The summed E-state index contributed by atoms with van der Waals surface area (Å²) < 4.78 is 0. The number of aromatic nitrogens is 1. The Morgan fingerprint density at radius 2 is 2.18 bits per heavy atom. The summed E-state index contributed by atoms with van der Waals surface area (Å²) in [6, 6.07) is 3.69. The molecule has 0 bridgehead atoms. The van der Waals surface area contributed by atoms with Crippen molar-refractivity contribution in [1.29, 1.82) is 0 Å². The van der Waals surface area contributed by atoms with E-state index >= 15 is 0 Å². The van der Waals surface area contributed by atoms with Gasteiger partial charge in [0.2, 0.25) is 5.91 Å². The van der Waals surface area contributed by atoms with Gasteiger partial charge < -0.3 is 10.6 Å². The van der Waals surface area contributed by atoms with Gasteiger partial charge in [-0.2, -0.15) is 0 Å². The van der Waals surface area contributed by atoms with Gasteiger partial charge in [-0.25, -0.2) is 4.98 Å². The Balaban J connectivity index is 1.84. The van der Waals surface area contributed by atoms with Crippen LogP contribution in [0.4, 0.5) is 11.5 Å². The molecule has 1 aromatic heterocycles. The molecule has 1 amide bonds. The van der Waals surface area contributed by atoms with E-state index in [1.165, 1.54) is 12.8 Å². The zero-order chi connectivity index (χ0) is 12.1. The number of hydrogen-bond acceptors (Lipinski definition) is 4. The quantitative estimate of drug-likeness (QED) is 0.820. The molecule has 2 heterocycles. The molecule has 5 heteroatoms. The van der Waals surface area contributed by atoms with Crippen molar-refractivity contribution in [2.45, 2.75) is 12.8 Å². The highest BCUT2D eigenvalue weighted by atomic mass is 16.2. The molecule has 2 rings (SSSR count). The Morgan fingerprint density at radius 3 is 2.76 bits per heavy atom. The molecule has 0 aromatic carbocycles. The molecular weight excluding hydrogens is 216 g/mol. The summed E-state index contributed by atoms with van der Waals surface area (Å²) >= 11 is 0. The van der Waals surface area contributed by atoms with Gasteiger partial charge in [0.1, 0.15) is 5.82 Å². The standard InChI is InChI=1S/C12H18N4O/c1-13-11-5-4-10(8-14-11)15-12(17)9-16-6-2-3-7-16/h4-5,8H,2-3,6-7,9H2,1H3,(H,13,14)(H,15,17). The molecule has 0 atom stereocenters. The molecular formula is C12H18N4O. The summed E-state index contributed by atoms with van der Waals surface area (Å²) in [5, 5.41) is 5.78. The Labute approximate surface area is 101 Å². The monoisotopic (exact) mass is 234 g/mol. The Hall–Kier alpha value is -1.62. The van der Waals surface area contributed by atoms with Gasteiger partial charge in [0.25, 0.3) is 0 Å². The van der Waals surface area contributed by atoms with Crippen molar-refractivity contribution in [3.63, 3.8) is 0 Å². The van der Waals surface area contributed by atoms with Crippen LogP contribution in [0.1, 0.15) is 12.8 Å². The molecule has 5 nitrogen and oxygen atoms in total. The summed E-state index contributed by atoms with van der Waals surface area (Å²) in [4.78, 5) is 18.0. The minimum absolute atomic E-state index is 0.0332. The van der Waals surface area contributed by atoms with Crippen molar-refractivity contribution >= 4 is 17.4 Å². The van der Waals surface area contributed by atoms with E-state index in [0.717, 1.165) is 24.6 Å². The van der Waals surface area contributed by atoms with Crippen LogP contribution in [-0.4, -0.2) is 42.5 Å². The fourth-order valence-electron chi connectivity index (χ4n) is 1.96. The molecule has 92 valence electrons. The van der Waals surface area contributed by atoms with E-state index in [4.69, 9.17) is 0 Å². The van der Waals surface area contributed by atoms with Crippen LogP contribution in [0.25, 0.3) is 0 Å². The third-order valence-electron chi connectivity index (χ3n) is 2.87. The van der Waals surface area contributed by atoms with Crippen LogP contribution in [-0.2, 0) is 4.79 Å². The molecule has 1 aliphatic rings. The highest BCUT2D eigenvalue weighted by molar-refractivity contribution is 5.92. The zero-order valence-electron chi connectivity index (χ0n) is 10.1. The van der Waals surface area contributed by atoms with Gasteiger partial charge in [0.05, 0.1) is 18.4 Å². The van der Waals surface area contributed by atoms with E-state index < -0.39 is 0 Å². The largest absolute Gasteiger partial charge is 0.373 e. The molecule has 1 fully saturated rings. The highest BCUT2D eigenvalue weighted by Crippen LogP contribution is 2.10. The molecule has 0 aliphatic carbocycles. The van der Waals surface area contributed by atoms with Crippen LogP contribution in [0, 0.1) is 0 Å². The second-order valence-electron chi connectivity index (χ2n) is 4.21. The number of nitrogens with one attached hydrogen (secondary N) is 2. The van der Waals surface area contributed by atoms with Gasteiger partial charge in [-0.1, -0.05) is 0 Å². The first kappa shape index (κ1) is 11.9. The molecule has 0 spiro atoms. The number of carbonyl (C=O) groups is 1. The molecule has 1 aromatic rings. The highest BCUT2D eigenvalue weighted by Gasteiger charge is 2.14. The molecule has 0 radical (unpaired) electrons. The molecule has 0 saturated carbocycles. The van der Waals surface area contributed by atoms with Crippen LogP contribution >= 0.6 is 0 Å². The smallest absolute Gasteiger partial charge is 0.238 e. The number of anilines is 2. The number of amides is 1. The number of pyridine rings is 1. The van der Waals surface area contributed by atoms with Gasteiger partial charge >= 0.3 is 0 Å². The van der Waals surface area contributed by atoms with Crippen LogP contribution in [0.5, 0.6) is 0 Å². The van der Waals surface area contributed by atoms with Crippen molar-refractivity contribution in [3.8, 4) is 0 Å². The summed E-state index contributed by atoms with van der Waals surface area (Å²) in [7, 11) is 1.81. The van der Waals surface area contributed by atoms with Gasteiger partial charge in [0, 0.05) is 7.05 Å². The normalized spacial score (nSPS) is 15.8. The third kappa shape index (κ3) is 3.42. The molecule has 1 saturated heterocycles. The van der Waals surface area contributed by atoms with E-state index in [9.17, 15) is 4.79 Å². The number of hydrogen-bond donors (Lipinski definition) is 2. The fraction of sp³-hybridized carbons (Fsp3) is 0.500. The minimum atomic E-state index is 0.0332. The lowest BCUT2D eigenvalue weighted by Crippen LogP contribution is -2.30. The summed E-state index contributed by atoms with van der Waals surface area (Å²) in [5.41, 5.74) is 0.744. The van der Waals surface area contributed by atoms with Crippen LogP contribution in [0.15, 0.2) is 18.3 Å². The van der Waals surface area contributed by atoms with Crippen LogP contribution in [0.3, 0.4) is 0 Å². The first-order chi connectivity index (χ1) is 8.28. The average Bonchev–Trinajstić information content (AvgIpc) is 2.82. The van der Waals surface area contributed by atoms with Crippen LogP contribution < -0.4 is 10.6 Å². The number of nitrogens with zero attached hydrogens (tertiary/aromatic N) is 2. The van der Waals surface area contributed by atoms with E-state index in [2.05, 4.69) is 20.5 Å². The lowest BCUT2D eigenvalue weighted by atomic mass is 10.4. The second kappa shape index (κ2) is 5.63. The maximum Gasteiger partial charge on any atom is 0.238 e. The Kier molecular flexibility index (Phi) is 3.93. The first-order valence-corrected chi connectivity index (χ1v) is 5.94. The maximum absolute atomic E-state index is 11.7. The van der Waals surface area contributed by atoms with Gasteiger partial charge in [0.15, 0.2) is 0 Å². The van der Waals surface area contributed by atoms with Crippen LogP contribution in [0.2, 0.25) is 0 Å². The van der Waals surface area contributed by atoms with Crippen molar-refractivity contribution in [1.82, 2.24) is 9.88 Å². The van der Waals surface area contributed by atoms with E-state index in [1.807, 2.05) is 19.2 Å². The summed E-state index contributed by atoms with van der Waals surface area (Å²) in [5.74, 6) is 0.827. The maximum atomic E-state index is 11.7. The lowest BCUT2D eigenvalue weighted by molar-refractivity contribution is -0.117. The lowest BCUT2D eigenvalue weighted by Gasteiger charge is -2.13. The Bertz CT molecular complexity index is 371. The summed E-state index contributed by atoms with van der Waals surface area (Å²) in [6.07, 6.45) is 4.06. The predicted molar refractivity (Wildman–Crippen MR) is 68.1 cm³/mol. The molecule has 2 N–H and O–H groups in total. The SMILES string of the molecule is CNc1ccc(NC(=O)CN2CCCC2)cn1. The summed E-state index contributed by atoms with van der Waals surface area (Å²) in [6.45, 7) is 2.54. The first-order valence-electron chi connectivity index (χ1n) is 5.94. The van der Waals surface area contributed by atoms with Crippen molar-refractivity contribution in [2.75, 3.05) is 37.3 Å². The second-order valence-corrected chi connectivity index (χ2v) is 4.21. The van der Waals surface area contributed by atoms with Crippen molar-refractivity contribution < 1.29 is 4.79 Å². The molecule has 0 unspecified atom stereocenters. The number of carbonyl (C=O) groups excluding carboxylic acids is 1. The van der Waals surface area contributed by atoms with Gasteiger partial charge in [-0.05, 0) is 38.1 Å². The van der Waals surface area contributed by atoms with E-state index in [-0.39, 0.29) is 5.91 Å². The predicted octanol–water partition coefficient (Wildman–Crippen LogP) is 1.16. The average molecular weight is 234 g/mol. The number of rotatable bonds is 4. The molecule has 17 heavy (non-hydrogen) atoms. The van der Waals surface area contributed by atoms with Gasteiger partial charge in [-0.3, -0.25) is 9.69 Å².